The van der Waals surface area contributed by atoms with Gasteiger partial charge in [0.1, 0.15) is 0 Å². The Balaban J connectivity index is 1.99. The van der Waals surface area contributed by atoms with Crippen LogP contribution in [0.25, 0.3) is 0 Å². The summed E-state index contributed by atoms with van der Waals surface area (Å²) in [5.74, 6) is -0.280. The lowest BCUT2D eigenvalue weighted by Gasteiger charge is -2.26. The maximum Gasteiger partial charge on any atom is 0.218 e. The van der Waals surface area contributed by atoms with Crippen LogP contribution in [0.5, 0.6) is 0 Å². The van der Waals surface area contributed by atoms with E-state index in [1.165, 1.54) is 11.1 Å². The minimum absolute atomic E-state index is 0.171. The van der Waals surface area contributed by atoms with E-state index in [0.29, 0.717) is 26.2 Å². The van der Waals surface area contributed by atoms with Gasteiger partial charge in [-0.25, -0.2) is 0 Å². The number of amides is 1. The van der Waals surface area contributed by atoms with Gasteiger partial charge in [0.25, 0.3) is 0 Å². The fourth-order valence-electron chi connectivity index (χ4n) is 1.92. The summed E-state index contributed by atoms with van der Waals surface area (Å²) in [7, 11) is 0. The minimum Gasteiger partial charge on any atom is -0.375 e. The molecule has 0 aromatic heterocycles. The zero-order chi connectivity index (χ0) is 11.4. The lowest BCUT2D eigenvalue weighted by atomic mass is 9.99. The highest BCUT2D eigenvalue weighted by Gasteiger charge is 2.19. The van der Waals surface area contributed by atoms with Crippen molar-refractivity contribution in [3.8, 4) is 0 Å². The van der Waals surface area contributed by atoms with Crippen molar-refractivity contribution in [3.05, 3.63) is 35.4 Å². The number of carbonyl (C=O) groups excluding carboxylic acids is 1. The molecule has 1 heterocycles. The molecule has 1 aliphatic heterocycles. The van der Waals surface area contributed by atoms with Gasteiger partial charge in [-0.2, -0.15) is 0 Å². The third-order valence-electron chi connectivity index (χ3n) is 2.73. The molecule has 3 N–H and O–H groups in total. The minimum atomic E-state index is -0.280. The van der Waals surface area contributed by atoms with Crippen LogP contribution in [0.3, 0.4) is 0 Å². The Bertz CT molecular complexity index is 379. The van der Waals surface area contributed by atoms with Crippen molar-refractivity contribution in [3.63, 3.8) is 0 Å². The fraction of sp³-hybridized carbons (Fsp3) is 0.417. The van der Waals surface area contributed by atoms with Gasteiger partial charge in [0.15, 0.2) is 0 Å². The molecular formula is C12H16N2O2. The number of benzene rings is 1. The molecule has 1 atom stereocenters. The Labute approximate surface area is 94.8 Å². The first kappa shape index (κ1) is 11.1. The molecule has 1 aliphatic rings. The molecular weight excluding hydrogens is 204 g/mol. The van der Waals surface area contributed by atoms with Crippen LogP contribution in [0.4, 0.5) is 0 Å². The third-order valence-corrected chi connectivity index (χ3v) is 2.73. The zero-order valence-electron chi connectivity index (χ0n) is 9.11. The lowest BCUT2D eigenvalue weighted by Crippen LogP contribution is -2.32. The number of hydrogen-bond donors (Lipinski definition) is 2. The topological polar surface area (TPSA) is 64.4 Å². The molecule has 0 saturated carbocycles. The van der Waals surface area contributed by atoms with E-state index in [0.717, 1.165) is 0 Å². The van der Waals surface area contributed by atoms with Crippen molar-refractivity contribution in [1.82, 2.24) is 5.32 Å². The Kier molecular flexibility index (Phi) is 3.54. The largest absolute Gasteiger partial charge is 0.375 e. The van der Waals surface area contributed by atoms with Crippen LogP contribution in [-0.2, 0) is 16.1 Å². The van der Waals surface area contributed by atoms with Crippen LogP contribution in [-0.4, -0.2) is 19.1 Å². The van der Waals surface area contributed by atoms with Gasteiger partial charge in [-0.3, -0.25) is 4.79 Å². The van der Waals surface area contributed by atoms with Crippen LogP contribution in [0.15, 0.2) is 24.3 Å². The smallest absolute Gasteiger partial charge is 0.218 e. The van der Waals surface area contributed by atoms with Gasteiger partial charge in [-0.1, -0.05) is 24.3 Å². The van der Waals surface area contributed by atoms with E-state index in [4.69, 9.17) is 10.5 Å². The average Bonchev–Trinajstić information content (AvgIpc) is 2.29. The summed E-state index contributed by atoms with van der Waals surface area (Å²) in [4.78, 5) is 10.6. The second-order valence-electron chi connectivity index (χ2n) is 3.94. The summed E-state index contributed by atoms with van der Waals surface area (Å²) in [6, 6.07) is 8.36. The number of rotatable bonds is 4. The SMILES string of the molecule is NC(=O)CCNC1COCc2ccccc21. The standard InChI is InChI=1S/C12H16N2O2/c13-12(15)5-6-14-11-8-16-7-9-3-1-2-4-10(9)11/h1-4,11,14H,5-8H2,(H2,13,15). The van der Waals surface area contributed by atoms with Gasteiger partial charge in [0.05, 0.1) is 19.3 Å². The number of hydrogen-bond acceptors (Lipinski definition) is 3. The van der Waals surface area contributed by atoms with Crippen LogP contribution >= 0.6 is 0 Å². The molecule has 86 valence electrons. The number of nitrogens with one attached hydrogen (secondary N) is 1. The predicted molar refractivity (Wildman–Crippen MR) is 60.7 cm³/mol. The Hall–Kier alpha value is -1.39. The van der Waals surface area contributed by atoms with Crippen molar-refractivity contribution in [2.24, 2.45) is 5.73 Å². The number of primary amides is 1. The van der Waals surface area contributed by atoms with E-state index < -0.39 is 0 Å². The monoisotopic (exact) mass is 220 g/mol. The first-order valence-electron chi connectivity index (χ1n) is 5.44. The van der Waals surface area contributed by atoms with Gasteiger partial charge in [-0.15, -0.1) is 0 Å². The van der Waals surface area contributed by atoms with Crippen LogP contribution < -0.4 is 11.1 Å². The van der Waals surface area contributed by atoms with E-state index >= 15 is 0 Å². The second kappa shape index (κ2) is 5.09. The first-order chi connectivity index (χ1) is 7.77. The van der Waals surface area contributed by atoms with E-state index in [1.54, 1.807) is 0 Å². The fourth-order valence-corrected chi connectivity index (χ4v) is 1.92. The van der Waals surface area contributed by atoms with Gasteiger partial charge >= 0.3 is 0 Å². The van der Waals surface area contributed by atoms with Gasteiger partial charge in [0.2, 0.25) is 5.91 Å². The highest BCUT2D eigenvalue weighted by Crippen LogP contribution is 2.24. The highest BCUT2D eigenvalue weighted by atomic mass is 16.5. The van der Waals surface area contributed by atoms with Crippen LogP contribution in [0.2, 0.25) is 0 Å². The molecule has 1 amide bonds. The van der Waals surface area contributed by atoms with Crippen molar-refractivity contribution in [2.75, 3.05) is 13.2 Å². The van der Waals surface area contributed by atoms with Gasteiger partial charge < -0.3 is 15.8 Å². The maximum absolute atomic E-state index is 10.6. The lowest BCUT2D eigenvalue weighted by molar-refractivity contribution is -0.117. The number of nitrogens with two attached hydrogens (primary N) is 1. The third kappa shape index (κ3) is 2.59. The van der Waals surface area contributed by atoms with Crippen molar-refractivity contribution in [1.29, 1.82) is 0 Å². The maximum atomic E-state index is 10.6. The molecule has 0 aliphatic carbocycles. The molecule has 0 saturated heterocycles. The average molecular weight is 220 g/mol. The summed E-state index contributed by atoms with van der Waals surface area (Å²) < 4.78 is 5.49. The molecule has 0 bridgehead atoms. The molecule has 0 fully saturated rings. The zero-order valence-corrected chi connectivity index (χ0v) is 9.11. The summed E-state index contributed by atoms with van der Waals surface area (Å²) >= 11 is 0. The summed E-state index contributed by atoms with van der Waals surface area (Å²) in [5.41, 5.74) is 7.57. The van der Waals surface area contributed by atoms with Crippen molar-refractivity contribution >= 4 is 5.91 Å². The number of carbonyl (C=O) groups is 1. The van der Waals surface area contributed by atoms with Crippen molar-refractivity contribution < 1.29 is 9.53 Å². The van der Waals surface area contributed by atoms with Crippen molar-refractivity contribution in [2.45, 2.75) is 19.1 Å². The summed E-state index contributed by atoms with van der Waals surface area (Å²) in [6.07, 6.45) is 0.360. The van der Waals surface area contributed by atoms with Crippen LogP contribution in [0.1, 0.15) is 23.6 Å². The Morgan fingerprint density at radius 1 is 1.50 bits per heavy atom. The molecule has 0 spiro atoms. The molecule has 1 unspecified atom stereocenters. The summed E-state index contributed by atoms with van der Waals surface area (Å²) in [5, 5.41) is 3.28. The Morgan fingerprint density at radius 3 is 3.12 bits per heavy atom. The quantitative estimate of drug-likeness (QED) is 0.786. The normalized spacial score (nSPS) is 19.1. The predicted octanol–water partition coefficient (Wildman–Crippen LogP) is 0.723. The van der Waals surface area contributed by atoms with Gasteiger partial charge in [0, 0.05) is 13.0 Å². The van der Waals surface area contributed by atoms with E-state index in [1.807, 2.05) is 12.1 Å². The van der Waals surface area contributed by atoms with E-state index in [-0.39, 0.29) is 11.9 Å². The Morgan fingerprint density at radius 2 is 2.31 bits per heavy atom. The number of fused-ring (bicyclic) bond motifs is 1. The molecule has 1 aromatic carbocycles. The highest BCUT2D eigenvalue weighted by molar-refractivity contribution is 5.73. The second-order valence-corrected chi connectivity index (χ2v) is 3.94. The molecule has 4 heteroatoms. The van der Waals surface area contributed by atoms with Crippen LogP contribution in [0, 0.1) is 0 Å². The molecule has 1 aromatic rings. The molecule has 4 nitrogen and oxygen atoms in total. The molecule has 2 rings (SSSR count). The number of ether oxygens (including phenoxy) is 1. The van der Waals surface area contributed by atoms with E-state index in [9.17, 15) is 4.79 Å². The van der Waals surface area contributed by atoms with Gasteiger partial charge in [-0.05, 0) is 11.1 Å². The molecule has 0 radical (unpaired) electrons. The molecule has 16 heavy (non-hydrogen) atoms. The summed E-state index contributed by atoms with van der Waals surface area (Å²) in [6.45, 7) is 1.91. The van der Waals surface area contributed by atoms with E-state index in [2.05, 4.69) is 17.4 Å². The first-order valence-corrected chi connectivity index (χ1v) is 5.44.